The van der Waals surface area contributed by atoms with Crippen LogP contribution in [-0.4, -0.2) is 59.0 Å². The van der Waals surface area contributed by atoms with Gasteiger partial charge in [-0.15, -0.1) is 0 Å². The summed E-state index contributed by atoms with van der Waals surface area (Å²) in [6.07, 6.45) is 5.31. The van der Waals surface area contributed by atoms with Gasteiger partial charge in [0, 0.05) is 45.7 Å². The molecule has 3 rings (SSSR count). The molecule has 1 amide bonds. The van der Waals surface area contributed by atoms with Crippen LogP contribution in [0.15, 0.2) is 30.7 Å². The predicted octanol–water partition coefficient (Wildman–Crippen LogP) is 0.813. The molecule has 1 saturated heterocycles. The summed E-state index contributed by atoms with van der Waals surface area (Å²) in [7, 11) is 3.83. The smallest absolute Gasteiger partial charge is 0.276 e. The summed E-state index contributed by atoms with van der Waals surface area (Å²) in [5, 5.41) is 0. The molecule has 0 saturated carbocycles. The van der Waals surface area contributed by atoms with E-state index in [0.29, 0.717) is 18.8 Å². The first-order valence-corrected chi connectivity index (χ1v) is 7.71. The molecule has 0 aliphatic carbocycles. The van der Waals surface area contributed by atoms with Gasteiger partial charge in [0.25, 0.3) is 5.91 Å². The van der Waals surface area contributed by atoms with Crippen LogP contribution in [-0.2, 0) is 0 Å². The first-order valence-electron chi connectivity index (χ1n) is 7.71. The Bertz CT molecular complexity index is 736. The average Bonchev–Trinajstić information content (AvgIpc) is 3.03. The molecule has 0 radical (unpaired) electrons. The van der Waals surface area contributed by atoms with Crippen LogP contribution in [0.3, 0.4) is 0 Å². The monoisotopic (exact) mass is 328 g/mol. The number of nitrogens with two attached hydrogens (primary N) is 1. The molecule has 0 aromatic carbocycles. The van der Waals surface area contributed by atoms with Gasteiger partial charge in [-0.3, -0.25) is 4.79 Å². The van der Waals surface area contributed by atoms with Crippen molar-refractivity contribution in [3.8, 4) is 5.75 Å². The quantitative estimate of drug-likeness (QED) is 0.887. The van der Waals surface area contributed by atoms with Gasteiger partial charge < -0.3 is 20.3 Å². The molecule has 2 N–H and O–H groups in total. The first-order chi connectivity index (χ1) is 11.6. The third kappa shape index (κ3) is 3.22. The minimum atomic E-state index is -0.217. The molecule has 1 aliphatic heterocycles. The number of pyridine rings is 1. The van der Waals surface area contributed by atoms with Crippen LogP contribution >= 0.6 is 0 Å². The highest BCUT2D eigenvalue weighted by Crippen LogP contribution is 2.27. The molecule has 1 aliphatic rings. The lowest BCUT2D eigenvalue weighted by atomic mass is 10.3. The molecule has 0 bridgehead atoms. The summed E-state index contributed by atoms with van der Waals surface area (Å²) in [6.45, 7) is 1.08. The van der Waals surface area contributed by atoms with Crippen LogP contribution in [0.1, 0.15) is 16.9 Å². The molecule has 8 heteroatoms. The van der Waals surface area contributed by atoms with E-state index < -0.39 is 0 Å². The maximum atomic E-state index is 12.5. The molecule has 1 fully saturated rings. The normalized spacial score (nSPS) is 16.9. The maximum absolute atomic E-state index is 12.5. The van der Waals surface area contributed by atoms with Crippen molar-refractivity contribution in [2.75, 3.05) is 37.8 Å². The lowest BCUT2D eigenvalue weighted by Gasteiger charge is -2.20. The Morgan fingerprint density at radius 1 is 1.29 bits per heavy atom. The number of hydrogen-bond donors (Lipinski definition) is 1. The van der Waals surface area contributed by atoms with Crippen LogP contribution in [0.4, 0.5) is 11.6 Å². The third-order valence-corrected chi connectivity index (χ3v) is 3.83. The summed E-state index contributed by atoms with van der Waals surface area (Å²) in [5.41, 5.74) is 5.92. The van der Waals surface area contributed by atoms with Gasteiger partial charge in [-0.1, -0.05) is 0 Å². The van der Waals surface area contributed by atoms with Gasteiger partial charge in [-0.2, -0.15) is 0 Å². The number of aromatic nitrogens is 3. The Hall–Kier alpha value is -2.90. The van der Waals surface area contributed by atoms with Crippen LogP contribution in [0.25, 0.3) is 0 Å². The molecule has 126 valence electrons. The molecule has 2 aromatic heterocycles. The maximum Gasteiger partial charge on any atom is 0.276 e. The number of nitrogen functional groups attached to an aromatic ring is 1. The number of carbonyl (C=O) groups is 1. The number of ether oxygens (including phenoxy) is 1. The molecule has 8 nitrogen and oxygen atoms in total. The number of carbonyl (C=O) groups excluding carboxylic acids is 1. The van der Waals surface area contributed by atoms with Crippen LogP contribution in [0.5, 0.6) is 5.75 Å². The molecule has 24 heavy (non-hydrogen) atoms. The van der Waals surface area contributed by atoms with Crippen molar-refractivity contribution >= 4 is 17.5 Å². The first kappa shape index (κ1) is 16.0. The average molecular weight is 328 g/mol. The largest absolute Gasteiger partial charge is 0.485 e. The zero-order valence-electron chi connectivity index (χ0n) is 13.7. The van der Waals surface area contributed by atoms with Crippen LogP contribution in [0, 0.1) is 0 Å². The SMILES string of the molecule is CN(C)c1ncccc1O[C@H]1CCN(C(=O)c2nccnc2N)C1. The van der Waals surface area contributed by atoms with Crippen LogP contribution in [0.2, 0.25) is 0 Å². The van der Waals surface area contributed by atoms with E-state index in [1.807, 2.05) is 31.1 Å². The van der Waals surface area contributed by atoms with E-state index in [9.17, 15) is 4.79 Å². The van der Waals surface area contributed by atoms with Crippen molar-refractivity contribution in [3.63, 3.8) is 0 Å². The highest BCUT2D eigenvalue weighted by molar-refractivity contribution is 5.96. The molecular weight excluding hydrogens is 308 g/mol. The van der Waals surface area contributed by atoms with E-state index in [2.05, 4.69) is 15.0 Å². The second-order valence-electron chi connectivity index (χ2n) is 5.79. The topological polar surface area (TPSA) is 97.5 Å². The van der Waals surface area contributed by atoms with E-state index in [-0.39, 0.29) is 23.5 Å². The third-order valence-electron chi connectivity index (χ3n) is 3.83. The number of amides is 1. The summed E-state index contributed by atoms with van der Waals surface area (Å²) in [4.78, 5) is 28.4. The van der Waals surface area contributed by atoms with Gasteiger partial charge in [-0.05, 0) is 12.1 Å². The van der Waals surface area contributed by atoms with E-state index in [4.69, 9.17) is 10.5 Å². The van der Waals surface area contributed by atoms with Crippen molar-refractivity contribution < 1.29 is 9.53 Å². The Morgan fingerprint density at radius 3 is 2.83 bits per heavy atom. The number of anilines is 2. The highest BCUT2D eigenvalue weighted by Gasteiger charge is 2.30. The van der Waals surface area contributed by atoms with E-state index in [0.717, 1.165) is 12.2 Å². The molecular formula is C16H20N6O2. The zero-order valence-corrected chi connectivity index (χ0v) is 13.7. The molecule has 0 spiro atoms. The fraction of sp³-hybridized carbons (Fsp3) is 0.375. The lowest BCUT2D eigenvalue weighted by Crippen LogP contribution is -2.32. The number of likely N-dealkylation sites (tertiary alicyclic amines) is 1. The fourth-order valence-electron chi connectivity index (χ4n) is 2.66. The minimum absolute atomic E-state index is 0.0882. The van der Waals surface area contributed by atoms with E-state index in [1.165, 1.54) is 12.4 Å². The summed E-state index contributed by atoms with van der Waals surface area (Å²) in [5.74, 6) is 1.40. The van der Waals surface area contributed by atoms with Gasteiger partial charge in [0.15, 0.2) is 23.1 Å². The molecule has 0 unspecified atom stereocenters. The lowest BCUT2D eigenvalue weighted by molar-refractivity contribution is 0.0767. The summed E-state index contributed by atoms with van der Waals surface area (Å²) in [6, 6.07) is 3.72. The summed E-state index contributed by atoms with van der Waals surface area (Å²) >= 11 is 0. The summed E-state index contributed by atoms with van der Waals surface area (Å²) < 4.78 is 6.05. The fourth-order valence-corrected chi connectivity index (χ4v) is 2.66. The van der Waals surface area contributed by atoms with Gasteiger partial charge in [0.2, 0.25) is 0 Å². The Labute approximate surface area is 140 Å². The Morgan fingerprint density at radius 2 is 2.08 bits per heavy atom. The predicted molar refractivity (Wildman–Crippen MR) is 89.9 cm³/mol. The van der Waals surface area contributed by atoms with E-state index in [1.54, 1.807) is 11.1 Å². The van der Waals surface area contributed by atoms with E-state index >= 15 is 0 Å². The number of nitrogens with zero attached hydrogens (tertiary/aromatic N) is 5. The van der Waals surface area contributed by atoms with Gasteiger partial charge in [0.1, 0.15) is 6.10 Å². The van der Waals surface area contributed by atoms with Crippen molar-refractivity contribution in [2.24, 2.45) is 0 Å². The molecule has 3 heterocycles. The standard InChI is InChI=1S/C16H20N6O2/c1-21(2)15-12(4-3-6-20-15)24-11-5-9-22(10-11)16(23)13-14(17)19-8-7-18-13/h3-4,6-8,11H,5,9-10H2,1-2H3,(H2,17,19)/t11-/m0/s1. The van der Waals surface area contributed by atoms with Gasteiger partial charge in [-0.25, -0.2) is 15.0 Å². The van der Waals surface area contributed by atoms with Crippen LogP contribution < -0.4 is 15.4 Å². The van der Waals surface area contributed by atoms with Crippen molar-refractivity contribution in [1.29, 1.82) is 0 Å². The number of hydrogen-bond acceptors (Lipinski definition) is 7. The second kappa shape index (κ2) is 6.69. The molecule has 1 atom stereocenters. The Balaban J connectivity index is 1.68. The van der Waals surface area contributed by atoms with Gasteiger partial charge in [0.05, 0.1) is 6.54 Å². The van der Waals surface area contributed by atoms with Crippen molar-refractivity contribution in [2.45, 2.75) is 12.5 Å². The van der Waals surface area contributed by atoms with Gasteiger partial charge >= 0.3 is 0 Å². The zero-order chi connectivity index (χ0) is 17.1. The van der Waals surface area contributed by atoms with Crippen molar-refractivity contribution in [3.05, 3.63) is 36.4 Å². The minimum Gasteiger partial charge on any atom is -0.485 e. The number of rotatable bonds is 4. The molecule has 2 aromatic rings. The highest BCUT2D eigenvalue weighted by atomic mass is 16.5. The second-order valence-corrected chi connectivity index (χ2v) is 5.79. The Kier molecular flexibility index (Phi) is 4.45. The van der Waals surface area contributed by atoms with Crippen molar-refractivity contribution in [1.82, 2.24) is 19.9 Å².